The second-order valence-corrected chi connectivity index (χ2v) is 7.64. The SMILES string of the molecule is CCS(=O)(=O)c1ccc(N(CCO)CC2CCCN2)cc1. The lowest BCUT2D eigenvalue weighted by Gasteiger charge is -2.27. The van der Waals surface area contributed by atoms with E-state index in [-0.39, 0.29) is 12.4 Å². The molecule has 5 nitrogen and oxygen atoms in total. The highest BCUT2D eigenvalue weighted by molar-refractivity contribution is 7.91. The third-order valence-electron chi connectivity index (χ3n) is 3.91. The molecule has 1 heterocycles. The molecule has 2 rings (SSSR count). The summed E-state index contributed by atoms with van der Waals surface area (Å²) < 4.78 is 23.6. The molecule has 0 aromatic heterocycles. The topological polar surface area (TPSA) is 69.6 Å². The van der Waals surface area contributed by atoms with Crippen LogP contribution in [0.3, 0.4) is 0 Å². The number of hydrogen-bond donors (Lipinski definition) is 2. The molecular weight excluding hydrogens is 288 g/mol. The number of anilines is 1. The Labute approximate surface area is 126 Å². The van der Waals surface area contributed by atoms with Gasteiger partial charge < -0.3 is 15.3 Å². The van der Waals surface area contributed by atoms with Crippen molar-refractivity contribution in [3.05, 3.63) is 24.3 Å². The van der Waals surface area contributed by atoms with Crippen LogP contribution in [0.25, 0.3) is 0 Å². The Bertz CT molecular complexity index is 537. The van der Waals surface area contributed by atoms with E-state index in [2.05, 4.69) is 10.2 Å². The number of sulfone groups is 1. The first kappa shape index (κ1) is 16.3. The highest BCUT2D eigenvalue weighted by Gasteiger charge is 2.18. The number of benzene rings is 1. The fourth-order valence-corrected chi connectivity index (χ4v) is 3.54. The van der Waals surface area contributed by atoms with Crippen LogP contribution in [0.5, 0.6) is 0 Å². The maximum Gasteiger partial charge on any atom is 0.178 e. The Kier molecular flexibility index (Phi) is 5.61. The van der Waals surface area contributed by atoms with Crippen LogP contribution in [0.4, 0.5) is 5.69 Å². The minimum absolute atomic E-state index is 0.0850. The minimum atomic E-state index is -3.16. The summed E-state index contributed by atoms with van der Waals surface area (Å²) in [5, 5.41) is 12.7. The third kappa shape index (κ3) is 4.18. The summed E-state index contributed by atoms with van der Waals surface area (Å²) in [5.74, 6) is 0.110. The van der Waals surface area contributed by atoms with E-state index in [1.54, 1.807) is 19.1 Å². The molecule has 1 aliphatic heterocycles. The number of aliphatic hydroxyl groups is 1. The second-order valence-electron chi connectivity index (χ2n) is 5.36. The molecule has 0 aliphatic carbocycles. The van der Waals surface area contributed by atoms with Crippen molar-refractivity contribution < 1.29 is 13.5 Å². The van der Waals surface area contributed by atoms with E-state index in [9.17, 15) is 13.5 Å². The number of hydrogen-bond acceptors (Lipinski definition) is 5. The molecule has 1 aliphatic rings. The van der Waals surface area contributed by atoms with Crippen molar-refractivity contribution in [3.8, 4) is 0 Å². The summed E-state index contributed by atoms with van der Waals surface area (Å²) in [6.07, 6.45) is 2.33. The second kappa shape index (κ2) is 7.24. The van der Waals surface area contributed by atoms with E-state index in [1.807, 2.05) is 12.1 Å². The predicted octanol–water partition coefficient (Wildman–Crippen LogP) is 1.03. The minimum Gasteiger partial charge on any atom is -0.395 e. The Balaban J connectivity index is 2.12. The van der Waals surface area contributed by atoms with E-state index in [1.165, 1.54) is 6.42 Å². The van der Waals surface area contributed by atoms with Gasteiger partial charge >= 0.3 is 0 Å². The van der Waals surface area contributed by atoms with Crippen molar-refractivity contribution in [1.82, 2.24) is 5.32 Å². The zero-order valence-corrected chi connectivity index (χ0v) is 13.3. The fraction of sp³-hybridized carbons (Fsp3) is 0.600. The van der Waals surface area contributed by atoms with Crippen LogP contribution in [0.1, 0.15) is 19.8 Å². The van der Waals surface area contributed by atoms with Crippen molar-refractivity contribution in [3.63, 3.8) is 0 Å². The summed E-state index contributed by atoms with van der Waals surface area (Å²) in [6.45, 7) is 4.17. The van der Waals surface area contributed by atoms with E-state index in [0.717, 1.165) is 25.2 Å². The largest absolute Gasteiger partial charge is 0.395 e. The highest BCUT2D eigenvalue weighted by atomic mass is 32.2. The molecule has 1 aromatic rings. The predicted molar refractivity (Wildman–Crippen MR) is 84.5 cm³/mol. The zero-order chi connectivity index (χ0) is 15.3. The number of nitrogens with zero attached hydrogens (tertiary/aromatic N) is 1. The summed E-state index contributed by atoms with van der Waals surface area (Å²) in [7, 11) is -3.16. The highest BCUT2D eigenvalue weighted by Crippen LogP contribution is 2.20. The van der Waals surface area contributed by atoms with Gasteiger partial charge in [0.25, 0.3) is 0 Å². The van der Waals surface area contributed by atoms with E-state index >= 15 is 0 Å². The molecule has 0 saturated carbocycles. The van der Waals surface area contributed by atoms with Crippen LogP contribution in [-0.2, 0) is 9.84 Å². The molecule has 0 bridgehead atoms. The lowest BCUT2D eigenvalue weighted by Crippen LogP contribution is -2.39. The number of nitrogens with one attached hydrogen (secondary N) is 1. The maximum absolute atomic E-state index is 11.8. The Hall–Kier alpha value is -1.11. The van der Waals surface area contributed by atoms with Gasteiger partial charge in [0, 0.05) is 24.8 Å². The van der Waals surface area contributed by atoms with Crippen molar-refractivity contribution in [2.24, 2.45) is 0 Å². The molecule has 1 atom stereocenters. The van der Waals surface area contributed by atoms with Crippen LogP contribution in [-0.4, -0.2) is 51.6 Å². The van der Waals surface area contributed by atoms with Gasteiger partial charge in [0.2, 0.25) is 0 Å². The van der Waals surface area contributed by atoms with Crippen LogP contribution < -0.4 is 10.2 Å². The Morgan fingerprint density at radius 1 is 1.33 bits per heavy atom. The number of aliphatic hydroxyl groups excluding tert-OH is 1. The lowest BCUT2D eigenvalue weighted by atomic mass is 10.2. The fourth-order valence-electron chi connectivity index (χ4n) is 2.66. The van der Waals surface area contributed by atoms with Crippen molar-refractivity contribution in [2.45, 2.75) is 30.7 Å². The maximum atomic E-state index is 11.8. The number of rotatable bonds is 7. The van der Waals surface area contributed by atoms with E-state index in [0.29, 0.717) is 17.5 Å². The molecule has 0 spiro atoms. The van der Waals surface area contributed by atoms with Crippen molar-refractivity contribution in [2.75, 3.05) is 36.9 Å². The molecule has 1 unspecified atom stereocenters. The quantitative estimate of drug-likeness (QED) is 0.787. The first-order valence-electron chi connectivity index (χ1n) is 7.49. The molecule has 2 N–H and O–H groups in total. The van der Waals surface area contributed by atoms with Gasteiger partial charge in [-0.3, -0.25) is 0 Å². The summed E-state index contributed by atoms with van der Waals surface area (Å²) in [5.41, 5.74) is 0.952. The van der Waals surface area contributed by atoms with Gasteiger partial charge in [-0.15, -0.1) is 0 Å². The van der Waals surface area contributed by atoms with Gasteiger partial charge in [-0.25, -0.2) is 8.42 Å². The average molecular weight is 312 g/mol. The summed E-state index contributed by atoms with van der Waals surface area (Å²) >= 11 is 0. The monoisotopic (exact) mass is 312 g/mol. The molecular formula is C15H24N2O3S. The first-order chi connectivity index (χ1) is 10.1. The van der Waals surface area contributed by atoms with Crippen molar-refractivity contribution >= 4 is 15.5 Å². The first-order valence-corrected chi connectivity index (χ1v) is 9.14. The normalized spacial score (nSPS) is 18.9. The van der Waals surface area contributed by atoms with Crippen LogP contribution >= 0.6 is 0 Å². The molecule has 6 heteroatoms. The van der Waals surface area contributed by atoms with Gasteiger partial charge in [0.05, 0.1) is 17.3 Å². The van der Waals surface area contributed by atoms with Crippen LogP contribution in [0.2, 0.25) is 0 Å². The molecule has 1 saturated heterocycles. The Morgan fingerprint density at radius 3 is 2.57 bits per heavy atom. The lowest BCUT2D eigenvalue weighted by molar-refractivity contribution is 0.300. The van der Waals surface area contributed by atoms with E-state index < -0.39 is 9.84 Å². The molecule has 1 fully saturated rings. The molecule has 0 amide bonds. The van der Waals surface area contributed by atoms with Gasteiger partial charge in [-0.1, -0.05) is 6.92 Å². The van der Waals surface area contributed by atoms with Gasteiger partial charge in [-0.05, 0) is 43.7 Å². The molecule has 0 radical (unpaired) electrons. The van der Waals surface area contributed by atoms with Crippen molar-refractivity contribution in [1.29, 1.82) is 0 Å². The van der Waals surface area contributed by atoms with E-state index in [4.69, 9.17) is 0 Å². The zero-order valence-electron chi connectivity index (χ0n) is 12.5. The third-order valence-corrected chi connectivity index (χ3v) is 5.66. The molecule has 21 heavy (non-hydrogen) atoms. The van der Waals surface area contributed by atoms with Gasteiger partial charge in [0.15, 0.2) is 9.84 Å². The van der Waals surface area contributed by atoms with Gasteiger partial charge in [-0.2, -0.15) is 0 Å². The molecule has 1 aromatic carbocycles. The Morgan fingerprint density at radius 2 is 2.05 bits per heavy atom. The summed E-state index contributed by atoms with van der Waals surface area (Å²) in [6, 6.07) is 7.40. The van der Waals surface area contributed by atoms with Gasteiger partial charge in [0.1, 0.15) is 0 Å². The standard InChI is InChI=1S/C15H24N2O3S/c1-2-21(19,20)15-7-5-14(6-8-15)17(10-11-18)12-13-4-3-9-16-13/h5-8,13,16,18H,2-4,9-12H2,1H3. The smallest absolute Gasteiger partial charge is 0.178 e. The summed E-state index contributed by atoms with van der Waals surface area (Å²) in [4.78, 5) is 2.46. The average Bonchev–Trinajstić information content (AvgIpc) is 3.00. The molecule has 118 valence electrons. The van der Waals surface area contributed by atoms with Crippen LogP contribution in [0, 0.1) is 0 Å². The van der Waals surface area contributed by atoms with Crippen LogP contribution in [0.15, 0.2) is 29.2 Å².